The summed E-state index contributed by atoms with van der Waals surface area (Å²) in [6.45, 7) is 1.92. The standard InChI is InChI=1S/C9H15NO2/c1-3-8(11)9(10-2)4-6-7(5-9)12-6/h6-7,10H,3-5H2,1-2H3. The smallest absolute Gasteiger partial charge is 0.152 e. The van der Waals surface area contributed by atoms with Crippen molar-refractivity contribution in [3.63, 3.8) is 0 Å². The van der Waals surface area contributed by atoms with Gasteiger partial charge in [0.25, 0.3) is 0 Å². The maximum absolute atomic E-state index is 11.6. The van der Waals surface area contributed by atoms with Crippen molar-refractivity contribution in [3.8, 4) is 0 Å². The number of nitrogens with one attached hydrogen (secondary N) is 1. The average molecular weight is 169 g/mol. The van der Waals surface area contributed by atoms with E-state index in [1.54, 1.807) is 0 Å². The number of ether oxygens (including phenoxy) is 1. The van der Waals surface area contributed by atoms with Crippen LogP contribution in [-0.4, -0.2) is 30.6 Å². The fourth-order valence-corrected chi connectivity index (χ4v) is 2.22. The number of ketones is 1. The third-order valence-electron chi connectivity index (χ3n) is 3.12. The molecule has 3 nitrogen and oxygen atoms in total. The van der Waals surface area contributed by atoms with E-state index >= 15 is 0 Å². The third-order valence-corrected chi connectivity index (χ3v) is 3.12. The molecule has 2 atom stereocenters. The van der Waals surface area contributed by atoms with Gasteiger partial charge in [0.05, 0.1) is 17.7 Å². The average Bonchev–Trinajstić information content (AvgIpc) is 2.72. The highest BCUT2D eigenvalue weighted by Gasteiger charge is 2.57. The molecule has 0 radical (unpaired) electrons. The summed E-state index contributed by atoms with van der Waals surface area (Å²) in [7, 11) is 1.87. The number of likely N-dealkylation sites (N-methyl/N-ethyl adjacent to an activating group) is 1. The summed E-state index contributed by atoms with van der Waals surface area (Å²) in [5.74, 6) is 0.334. The van der Waals surface area contributed by atoms with Gasteiger partial charge in [-0.15, -0.1) is 0 Å². The summed E-state index contributed by atoms with van der Waals surface area (Å²) in [6.07, 6.45) is 3.11. The van der Waals surface area contributed by atoms with Gasteiger partial charge >= 0.3 is 0 Å². The number of carbonyl (C=O) groups is 1. The van der Waals surface area contributed by atoms with E-state index in [0.29, 0.717) is 24.4 Å². The van der Waals surface area contributed by atoms with E-state index in [1.807, 2.05) is 14.0 Å². The Hall–Kier alpha value is -0.410. The van der Waals surface area contributed by atoms with E-state index < -0.39 is 0 Å². The van der Waals surface area contributed by atoms with Crippen molar-refractivity contribution in [3.05, 3.63) is 0 Å². The summed E-state index contributed by atoms with van der Waals surface area (Å²) in [5, 5.41) is 3.16. The van der Waals surface area contributed by atoms with Crippen molar-refractivity contribution in [2.75, 3.05) is 7.05 Å². The topological polar surface area (TPSA) is 41.6 Å². The Labute approximate surface area is 72.5 Å². The molecular weight excluding hydrogens is 154 g/mol. The number of hydrogen-bond donors (Lipinski definition) is 1. The zero-order valence-electron chi connectivity index (χ0n) is 7.59. The van der Waals surface area contributed by atoms with Crippen LogP contribution in [0.15, 0.2) is 0 Å². The molecule has 2 aliphatic rings. The number of epoxide rings is 1. The summed E-state index contributed by atoms with van der Waals surface area (Å²) in [5.41, 5.74) is -0.248. The molecule has 2 unspecified atom stereocenters. The molecule has 2 fully saturated rings. The summed E-state index contributed by atoms with van der Waals surface area (Å²) >= 11 is 0. The minimum absolute atomic E-state index is 0.248. The second-order valence-electron chi connectivity index (χ2n) is 3.73. The lowest BCUT2D eigenvalue weighted by atomic mass is 9.90. The molecule has 0 bridgehead atoms. The van der Waals surface area contributed by atoms with E-state index in [4.69, 9.17) is 4.74 Å². The van der Waals surface area contributed by atoms with Crippen LogP contribution in [0.5, 0.6) is 0 Å². The molecule has 1 saturated carbocycles. The molecule has 12 heavy (non-hydrogen) atoms. The summed E-state index contributed by atoms with van der Waals surface area (Å²) in [4.78, 5) is 11.6. The Morgan fingerprint density at radius 1 is 1.58 bits per heavy atom. The van der Waals surface area contributed by atoms with Crippen LogP contribution in [0, 0.1) is 0 Å². The first kappa shape index (κ1) is 8.20. The predicted molar refractivity (Wildman–Crippen MR) is 45.0 cm³/mol. The highest BCUT2D eigenvalue weighted by atomic mass is 16.6. The van der Waals surface area contributed by atoms with Crippen LogP contribution >= 0.6 is 0 Å². The van der Waals surface area contributed by atoms with Gasteiger partial charge in [-0.05, 0) is 7.05 Å². The molecular formula is C9H15NO2. The molecule has 0 aromatic rings. The lowest BCUT2D eigenvalue weighted by molar-refractivity contribution is -0.125. The van der Waals surface area contributed by atoms with Crippen molar-refractivity contribution in [1.29, 1.82) is 0 Å². The van der Waals surface area contributed by atoms with Crippen molar-refractivity contribution in [2.45, 2.75) is 43.9 Å². The molecule has 0 amide bonds. The molecule has 0 spiro atoms. The number of fused-ring (bicyclic) bond motifs is 1. The van der Waals surface area contributed by atoms with Gasteiger partial charge in [0.2, 0.25) is 0 Å². The van der Waals surface area contributed by atoms with Crippen LogP contribution < -0.4 is 5.32 Å². The first-order chi connectivity index (χ1) is 5.72. The van der Waals surface area contributed by atoms with Crippen LogP contribution in [0.4, 0.5) is 0 Å². The molecule has 1 saturated heterocycles. The third kappa shape index (κ3) is 1.00. The van der Waals surface area contributed by atoms with Crippen molar-refractivity contribution in [1.82, 2.24) is 5.32 Å². The minimum Gasteiger partial charge on any atom is -0.369 e. The monoisotopic (exact) mass is 169 g/mol. The maximum Gasteiger partial charge on any atom is 0.152 e. The molecule has 1 N–H and O–H groups in total. The van der Waals surface area contributed by atoms with Crippen molar-refractivity contribution in [2.24, 2.45) is 0 Å². The second kappa shape index (κ2) is 2.54. The molecule has 1 aliphatic carbocycles. The van der Waals surface area contributed by atoms with E-state index in [0.717, 1.165) is 12.8 Å². The van der Waals surface area contributed by atoms with E-state index in [2.05, 4.69) is 5.32 Å². The highest BCUT2D eigenvalue weighted by molar-refractivity contribution is 5.89. The van der Waals surface area contributed by atoms with E-state index in [1.165, 1.54) is 0 Å². The van der Waals surface area contributed by atoms with Gasteiger partial charge in [0, 0.05) is 19.3 Å². The predicted octanol–water partition coefficient (Wildman–Crippen LogP) is 0.485. The van der Waals surface area contributed by atoms with Crippen molar-refractivity contribution >= 4 is 5.78 Å². The van der Waals surface area contributed by atoms with Gasteiger partial charge in [-0.25, -0.2) is 0 Å². The fourth-order valence-electron chi connectivity index (χ4n) is 2.22. The van der Waals surface area contributed by atoms with E-state index in [9.17, 15) is 4.79 Å². The SMILES string of the molecule is CCC(=O)C1(NC)CC2OC2C1. The van der Waals surface area contributed by atoms with Gasteiger partial charge in [0.15, 0.2) is 5.78 Å². The van der Waals surface area contributed by atoms with Crippen LogP contribution in [-0.2, 0) is 9.53 Å². The lowest BCUT2D eigenvalue weighted by Crippen LogP contribution is -2.49. The first-order valence-corrected chi connectivity index (χ1v) is 4.59. The fraction of sp³-hybridized carbons (Fsp3) is 0.889. The second-order valence-corrected chi connectivity index (χ2v) is 3.73. The first-order valence-electron chi connectivity index (χ1n) is 4.59. The van der Waals surface area contributed by atoms with Crippen molar-refractivity contribution < 1.29 is 9.53 Å². The molecule has 1 aliphatic heterocycles. The Bertz CT molecular complexity index is 205. The Morgan fingerprint density at radius 3 is 2.58 bits per heavy atom. The molecule has 0 aromatic heterocycles. The largest absolute Gasteiger partial charge is 0.369 e. The highest BCUT2D eigenvalue weighted by Crippen LogP contribution is 2.45. The van der Waals surface area contributed by atoms with Crippen LogP contribution in [0.2, 0.25) is 0 Å². The molecule has 0 aromatic carbocycles. The number of carbonyl (C=O) groups excluding carboxylic acids is 1. The zero-order chi connectivity index (χ0) is 8.77. The van der Waals surface area contributed by atoms with Gasteiger partial charge in [-0.1, -0.05) is 6.92 Å². The van der Waals surface area contributed by atoms with Gasteiger partial charge in [-0.2, -0.15) is 0 Å². The van der Waals surface area contributed by atoms with E-state index in [-0.39, 0.29) is 5.54 Å². The normalized spacial score (nSPS) is 44.2. The summed E-state index contributed by atoms with van der Waals surface area (Å²) < 4.78 is 5.31. The lowest BCUT2D eigenvalue weighted by Gasteiger charge is -2.27. The van der Waals surface area contributed by atoms with Crippen LogP contribution in [0.1, 0.15) is 26.2 Å². The Kier molecular flexibility index (Phi) is 1.73. The number of rotatable bonds is 3. The minimum atomic E-state index is -0.248. The zero-order valence-corrected chi connectivity index (χ0v) is 7.59. The van der Waals surface area contributed by atoms with Gasteiger partial charge in [-0.3, -0.25) is 4.79 Å². The molecule has 68 valence electrons. The quantitative estimate of drug-likeness (QED) is 0.625. The number of hydrogen-bond acceptors (Lipinski definition) is 3. The van der Waals surface area contributed by atoms with Gasteiger partial charge in [0.1, 0.15) is 0 Å². The molecule has 1 heterocycles. The summed E-state index contributed by atoms with van der Waals surface area (Å²) in [6, 6.07) is 0. The van der Waals surface area contributed by atoms with Crippen LogP contribution in [0.3, 0.4) is 0 Å². The van der Waals surface area contributed by atoms with Crippen LogP contribution in [0.25, 0.3) is 0 Å². The number of Topliss-reactive ketones (excluding diaryl/α,β-unsaturated/α-hetero) is 1. The molecule has 2 rings (SSSR count). The Morgan fingerprint density at radius 2 is 2.17 bits per heavy atom. The molecule has 3 heteroatoms. The van der Waals surface area contributed by atoms with Gasteiger partial charge < -0.3 is 10.1 Å². The maximum atomic E-state index is 11.6. The Balaban J connectivity index is 2.10.